The van der Waals surface area contributed by atoms with Crippen LogP contribution in [-0.2, 0) is 16.2 Å². The number of anilines is 1. The van der Waals surface area contributed by atoms with Crippen molar-refractivity contribution in [1.82, 2.24) is 9.78 Å². The largest absolute Gasteiger partial charge is 0.379 e. The summed E-state index contributed by atoms with van der Waals surface area (Å²) >= 11 is 0. The third-order valence-corrected chi connectivity index (χ3v) is 3.66. The minimum atomic E-state index is -1.01. The van der Waals surface area contributed by atoms with E-state index in [1.165, 1.54) is 0 Å². The Bertz CT molecular complexity index is 708. The molecule has 0 spiro atoms. The van der Waals surface area contributed by atoms with Crippen molar-refractivity contribution >= 4 is 17.4 Å². The van der Waals surface area contributed by atoms with E-state index in [2.05, 4.69) is 15.6 Å². The summed E-state index contributed by atoms with van der Waals surface area (Å²) in [7, 11) is 0. The van der Waals surface area contributed by atoms with Gasteiger partial charge in [-0.05, 0) is 19.4 Å². The van der Waals surface area contributed by atoms with E-state index in [1.54, 1.807) is 17.7 Å². The number of carbonyl (C=O) groups excluding carboxylic acids is 1. The van der Waals surface area contributed by atoms with Gasteiger partial charge in [-0.3, -0.25) is 9.48 Å². The molecule has 6 nitrogen and oxygen atoms in total. The maximum Gasteiger partial charge on any atom is 0.272 e. The quantitative estimate of drug-likeness (QED) is 0.942. The van der Waals surface area contributed by atoms with Crippen molar-refractivity contribution in [2.75, 3.05) is 5.32 Å². The molecule has 3 rings (SSSR count). The van der Waals surface area contributed by atoms with Crippen molar-refractivity contribution in [3.8, 4) is 0 Å². The highest BCUT2D eigenvalue weighted by Crippen LogP contribution is 2.27. The summed E-state index contributed by atoms with van der Waals surface area (Å²) < 4.78 is 1.75. The monoisotopic (exact) mass is 298 g/mol. The van der Waals surface area contributed by atoms with Crippen molar-refractivity contribution in [1.29, 1.82) is 0 Å². The van der Waals surface area contributed by atoms with Crippen LogP contribution in [0.5, 0.6) is 0 Å². The summed E-state index contributed by atoms with van der Waals surface area (Å²) in [6.45, 7) is 4.48. The van der Waals surface area contributed by atoms with Crippen LogP contribution < -0.4 is 5.32 Å². The molecule has 1 aliphatic rings. The number of hydrogen-bond donors (Lipinski definition) is 1. The number of hydrogen-bond acceptors (Lipinski definition) is 4. The van der Waals surface area contributed by atoms with Crippen LogP contribution in [-0.4, -0.2) is 27.0 Å². The lowest BCUT2D eigenvalue weighted by molar-refractivity contribution is -0.135. The second-order valence-electron chi connectivity index (χ2n) is 5.41. The highest BCUT2D eigenvalue weighted by atomic mass is 16.7. The highest BCUT2D eigenvalue weighted by molar-refractivity contribution is 6.07. The first-order valence-electron chi connectivity index (χ1n) is 7.26. The second-order valence-corrected chi connectivity index (χ2v) is 5.41. The zero-order valence-corrected chi connectivity index (χ0v) is 12.6. The average molecular weight is 298 g/mol. The summed E-state index contributed by atoms with van der Waals surface area (Å²) in [6.07, 6.45) is 2.25. The summed E-state index contributed by atoms with van der Waals surface area (Å²) in [4.78, 5) is 17.9. The molecule has 1 unspecified atom stereocenters. The number of nitrogens with one attached hydrogen (secondary N) is 1. The fourth-order valence-electron chi connectivity index (χ4n) is 2.30. The van der Waals surface area contributed by atoms with E-state index in [-0.39, 0.29) is 5.91 Å². The Balaban J connectivity index is 1.69. The third kappa shape index (κ3) is 2.72. The Hall–Kier alpha value is -2.63. The van der Waals surface area contributed by atoms with Gasteiger partial charge in [-0.1, -0.05) is 35.5 Å². The Labute approximate surface area is 128 Å². The molecule has 114 valence electrons. The fourth-order valence-corrected chi connectivity index (χ4v) is 2.30. The molecule has 2 aromatic rings. The van der Waals surface area contributed by atoms with Crippen molar-refractivity contribution in [3.05, 3.63) is 48.2 Å². The number of amides is 1. The Morgan fingerprint density at radius 3 is 2.82 bits per heavy atom. The maximum absolute atomic E-state index is 12.5. The zero-order valence-electron chi connectivity index (χ0n) is 12.6. The molecule has 1 N–H and O–H groups in total. The third-order valence-electron chi connectivity index (χ3n) is 3.66. The zero-order chi connectivity index (χ0) is 15.6. The van der Waals surface area contributed by atoms with Crippen LogP contribution in [0.1, 0.15) is 25.8 Å². The molecule has 0 aliphatic carbocycles. The van der Waals surface area contributed by atoms with E-state index < -0.39 is 5.60 Å². The lowest BCUT2D eigenvalue weighted by atomic mass is 9.95. The van der Waals surface area contributed by atoms with Gasteiger partial charge in [0.25, 0.3) is 5.91 Å². The Morgan fingerprint density at radius 2 is 2.14 bits per heavy atom. The first kappa shape index (κ1) is 14.3. The normalized spacial score (nSPS) is 20.4. The molecule has 1 aliphatic heterocycles. The molecule has 1 atom stereocenters. The number of oxime groups is 1. The molecule has 0 fully saturated rings. The van der Waals surface area contributed by atoms with E-state index in [4.69, 9.17) is 4.84 Å². The predicted octanol–water partition coefficient (Wildman–Crippen LogP) is 2.42. The summed E-state index contributed by atoms with van der Waals surface area (Å²) in [5.41, 5.74) is 0.730. The van der Waals surface area contributed by atoms with E-state index in [0.717, 1.165) is 17.8 Å². The molecule has 22 heavy (non-hydrogen) atoms. The standard InChI is InChI=1S/C16H18N4O2/c1-3-20-10-9-14(18-20)17-15(21)16(2)11-13(19-22-16)12-7-5-4-6-8-12/h4-10H,3,11H2,1-2H3,(H,17,18,21). The van der Waals surface area contributed by atoms with Crippen molar-refractivity contribution in [3.63, 3.8) is 0 Å². The molecular formula is C16H18N4O2. The van der Waals surface area contributed by atoms with Gasteiger partial charge in [0.05, 0.1) is 5.71 Å². The molecule has 0 bridgehead atoms. The highest BCUT2D eigenvalue weighted by Gasteiger charge is 2.42. The molecule has 6 heteroatoms. The first-order chi connectivity index (χ1) is 10.6. The number of carbonyl (C=O) groups is 1. The van der Waals surface area contributed by atoms with Crippen molar-refractivity contribution in [2.24, 2.45) is 5.16 Å². The van der Waals surface area contributed by atoms with Crippen LogP contribution in [0.4, 0.5) is 5.82 Å². The molecule has 2 heterocycles. The van der Waals surface area contributed by atoms with Gasteiger partial charge in [0, 0.05) is 25.2 Å². The van der Waals surface area contributed by atoms with Gasteiger partial charge in [-0.25, -0.2) is 0 Å². The molecular weight excluding hydrogens is 280 g/mol. The van der Waals surface area contributed by atoms with Gasteiger partial charge >= 0.3 is 0 Å². The molecule has 0 saturated heterocycles. The number of aryl methyl sites for hydroxylation is 1. The van der Waals surface area contributed by atoms with Crippen LogP contribution in [0.25, 0.3) is 0 Å². The molecule has 0 radical (unpaired) electrons. The fraction of sp³-hybridized carbons (Fsp3) is 0.312. The second kappa shape index (κ2) is 5.63. The summed E-state index contributed by atoms with van der Waals surface area (Å²) in [5.74, 6) is 0.272. The van der Waals surface area contributed by atoms with E-state index in [0.29, 0.717) is 12.2 Å². The van der Waals surface area contributed by atoms with E-state index in [9.17, 15) is 4.79 Å². The first-order valence-corrected chi connectivity index (χ1v) is 7.26. The van der Waals surface area contributed by atoms with Crippen LogP contribution in [0.15, 0.2) is 47.8 Å². The summed E-state index contributed by atoms with van der Waals surface area (Å²) in [6, 6.07) is 11.5. The minimum Gasteiger partial charge on any atom is -0.379 e. The van der Waals surface area contributed by atoms with Gasteiger partial charge in [0.15, 0.2) is 5.82 Å². The lowest BCUT2D eigenvalue weighted by Gasteiger charge is -2.19. The molecule has 1 amide bonds. The van der Waals surface area contributed by atoms with Crippen LogP contribution in [0.2, 0.25) is 0 Å². The Kier molecular flexibility index (Phi) is 3.66. The topological polar surface area (TPSA) is 68.5 Å². The molecule has 1 aromatic heterocycles. The minimum absolute atomic E-state index is 0.247. The van der Waals surface area contributed by atoms with Gasteiger partial charge in [-0.2, -0.15) is 5.10 Å². The average Bonchev–Trinajstić information content (AvgIpc) is 3.16. The van der Waals surface area contributed by atoms with E-state index in [1.807, 2.05) is 43.5 Å². The molecule has 1 aromatic carbocycles. The predicted molar refractivity (Wildman–Crippen MR) is 83.6 cm³/mol. The smallest absolute Gasteiger partial charge is 0.272 e. The number of aromatic nitrogens is 2. The SMILES string of the molecule is CCn1ccc(NC(=O)C2(C)CC(c3ccccc3)=NO2)n1. The number of benzene rings is 1. The van der Waals surface area contributed by atoms with Crippen LogP contribution in [0, 0.1) is 0 Å². The van der Waals surface area contributed by atoms with Gasteiger partial charge < -0.3 is 10.2 Å². The van der Waals surface area contributed by atoms with Gasteiger partial charge in [-0.15, -0.1) is 0 Å². The Morgan fingerprint density at radius 1 is 1.36 bits per heavy atom. The van der Waals surface area contributed by atoms with Crippen molar-refractivity contribution in [2.45, 2.75) is 32.4 Å². The molecule has 0 saturated carbocycles. The van der Waals surface area contributed by atoms with Crippen molar-refractivity contribution < 1.29 is 9.63 Å². The lowest BCUT2D eigenvalue weighted by Crippen LogP contribution is -2.40. The van der Waals surface area contributed by atoms with Crippen LogP contribution >= 0.6 is 0 Å². The maximum atomic E-state index is 12.5. The van der Waals surface area contributed by atoms with Gasteiger partial charge in [0.1, 0.15) is 0 Å². The number of rotatable bonds is 4. The summed E-state index contributed by atoms with van der Waals surface area (Å²) in [5, 5.41) is 11.1. The van der Waals surface area contributed by atoms with Gasteiger partial charge in [0.2, 0.25) is 5.60 Å². The van der Waals surface area contributed by atoms with Crippen LogP contribution in [0.3, 0.4) is 0 Å². The number of nitrogens with zero attached hydrogens (tertiary/aromatic N) is 3. The van der Waals surface area contributed by atoms with E-state index >= 15 is 0 Å².